The Bertz CT molecular complexity index is 1210. The number of carbonyl (C=O) groups is 2. The lowest BCUT2D eigenvalue weighted by atomic mass is 10.1. The van der Waals surface area contributed by atoms with Crippen molar-refractivity contribution in [1.29, 1.82) is 0 Å². The molecule has 144 valence electrons. The molecule has 0 saturated carbocycles. The average Bonchev–Trinajstić information content (AvgIpc) is 3.47. The van der Waals surface area contributed by atoms with Crippen LogP contribution in [0.1, 0.15) is 16.8 Å². The molecule has 5 rings (SSSR count). The molecular weight excluding hydrogens is 370 g/mol. The lowest BCUT2D eigenvalue weighted by Crippen LogP contribution is -2.38. The van der Waals surface area contributed by atoms with E-state index in [1.807, 2.05) is 42.5 Å². The molecule has 1 saturated heterocycles. The van der Waals surface area contributed by atoms with E-state index in [2.05, 4.69) is 20.4 Å². The van der Waals surface area contributed by atoms with Crippen LogP contribution in [0.4, 0.5) is 0 Å². The molecule has 0 aliphatic carbocycles. The number of rotatable bonds is 4. The number of imidazole rings is 1. The molecule has 1 atom stereocenters. The molecule has 8 heteroatoms. The van der Waals surface area contributed by atoms with Crippen LogP contribution < -0.4 is 5.32 Å². The predicted molar refractivity (Wildman–Crippen MR) is 105 cm³/mol. The van der Waals surface area contributed by atoms with Crippen LogP contribution in [-0.2, 0) is 9.53 Å². The van der Waals surface area contributed by atoms with Crippen molar-refractivity contribution < 1.29 is 14.3 Å². The second kappa shape index (κ2) is 6.90. The molecule has 3 heterocycles. The van der Waals surface area contributed by atoms with E-state index in [-0.39, 0.29) is 5.91 Å². The van der Waals surface area contributed by atoms with E-state index in [0.717, 1.165) is 16.9 Å². The highest BCUT2D eigenvalue weighted by Gasteiger charge is 2.29. The van der Waals surface area contributed by atoms with Gasteiger partial charge in [0.25, 0.3) is 5.91 Å². The Balaban J connectivity index is 1.53. The van der Waals surface area contributed by atoms with Gasteiger partial charge in [-0.05, 0) is 30.3 Å². The molecular formula is C21H17N5O3. The SMILES string of the molecule is O=C(NC1CCOC1=O)c1cccc2[nH]c(-c3ccnn3-c3ccccc3)nc12. The molecule has 0 spiro atoms. The maximum absolute atomic E-state index is 12.8. The van der Waals surface area contributed by atoms with Crippen molar-refractivity contribution in [2.45, 2.75) is 12.5 Å². The predicted octanol–water partition coefficient (Wildman–Crippen LogP) is 2.46. The van der Waals surface area contributed by atoms with Gasteiger partial charge in [-0.15, -0.1) is 0 Å². The van der Waals surface area contributed by atoms with Crippen molar-refractivity contribution in [3.8, 4) is 17.2 Å². The third-order valence-corrected chi connectivity index (χ3v) is 4.88. The number of aromatic nitrogens is 4. The molecule has 29 heavy (non-hydrogen) atoms. The summed E-state index contributed by atoms with van der Waals surface area (Å²) in [6.45, 7) is 0.323. The minimum Gasteiger partial charge on any atom is -0.464 e. The first-order valence-corrected chi connectivity index (χ1v) is 9.27. The van der Waals surface area contributed by atoms with Crippen LogP contribution >= 0.6 is 0 Å². The molecule has 1 fully saturated rings. The minimum absolute atomic E-state index is 0.323. The quantitative estimate of drug-likeness (QED) is 0.524. The number of nitrogens with one attached hydrogen (secondary N) is 2. The van der Waals surface area contributed by atoms with E-state index < -0.39 is 12.0 Å². The van der Waals surface area contributed by atoms with Gasteiger partial charge >= 0.3 is 5.97 Å². The fourth-order valence-electron chi connectivity index (χ4n) is 3.46. The standard InChI is InChI=1S/C21H17N5O3/c27-20(24-16-10-12-29-21(16)28)14-7-4-8-15-18(14)25-19(23-15)17-9-11-22-26(17)13-5-2-1-3-6-13/h1-9,11,16H,10,12H2,(H,23,25)(H,24,27). The maximum Gasteiger partial charge on any atom is 0.328 e. The van der Waals surface area contributed by atoms with Gasteiger partial charge in [-0.1, -0.05) is 24.3 Å². The normalized spacial score (nSPS) is 16.1. The van der Waals surface area contributed by atoms with Gasteiger partial charge in [-0.25, -0.2) is 14.5 Å². The second-order valence-corrected chi connectivity index (χ2v) is 6.73. The zero-order chi connectivity index (χ0) is 19.8. The van der Waals surface area contributed by atoms with Gasteiger partial charge in [0.15, 0.2) is 5.82 Å². The Hall–Kier alpha value is -3.94. The summed E-state index contributed by atoms with van der Waals surface area (Å²) in [5, 5.41) is 7.13. The number of fused-ring (bicyclic) bond motifs is 1. The Kier molecular flexibility index (Phi) is 4.09. The lowest BCUT2D eigenvalue weighted by molar-refractivity contribution is -0.139. The third-order valence-electron chi connectivity index (χ3n) is 4.88. The Morgan fingerprint density at radius 1 is 1.14 bits per heavy atom. The summed E-state index contributed by atoms with van der Waals surface area (Å²) in [5.41, 5.74) is 3.34. The number of H-pyrrole nitrogens is 1. The Morgan fingerprint density at radius 3 is 2.79 bits per heavy atom. The fraction of sp³-hybridized carbons (Fsp3) is 0.143. The highest BCUT2D eigenvalue weighted by Crippen LogP contribution is 2.25. The molecule has 2 aromatic carbocycles. The van der Waals surface area contributed by atoms with Crippen LogP contribution in [0.15, 0.2) is 60.8 Å². The van der Waals surface area contributed by atoms with Crippen LogP contribution in [0.3, 0.4) is 0 Å². The molecule has 0 radical (unpaired) electrons. The van der Waals surface area contributed by atoms with Crippen molar-refractivity contribution in [3.05, 3.63) is 66.4 Å². The van der Waals surface area contributed by atoms with Crippen molar-refractivity contribution in [2.24, 2.45) is 0 Å². The summed E-state index contributed by atoms with van der Waals surface area (Å²) >= 11 is 0. The Labute approximate surface area is 165 Å². The summed E-state index contributed by atoms with van der Waals surface area (Å²) in [6.07, 6.45) is 2.18. The lowest BCUT2D eigenvalue weighted by Gasteiger charge is -2.09. The zero-order valence-corrected chi connectivity index (χ0v) is 15.3. The molecule has 1 amide bonds. The fourth-order valence-corrected chi connectivity index (χ4v) is 3.46. The average molecular weight is 387 g/mol. The van der Waals surface area contributed by atoms with Crippen LogP contribution in [0.25, 0.3) is 28.2 Å². The van der Waals surface area contributed by atoms with Crippen LogP contribution in [-0.4, -0.2) is 44.3 Å². The zero-order valence-electron chi connectivity index (χ0n) is 15.3. The molecule has 1 unspecified atom stereocenters. The smallest absolute Gasteiger partial charge is 0.328 e. The second-order valence-electron chi connectivity index (χ2n) is 6.73. The van der Waals surface area contributed by atoms with Gasteiger partial charge in [0.1, 0.15) is 17.3 Å². The monoisotopic (exact) mass is 387 g/mol. The number of amides is 1. The number of hydrogen-bond donors (Lipinski definition) is 2. The summed E-state index contributed by atoms with van der Waals surface area (Å²) < 4.78 is 6.70. The van der Waals surface area contributed by atoms with Crippen LogP contribution in [0.2, 0.25) is 0 Å². The van der Waals surface area contributed by atoms with E-state index in [9.17, 15) is 9.59 Å². The summed E-state index contributed by atoms with van der Waals surface area (Å²) in [6, 6.07) is 16.3. The molecule has 2 N–H and O–H groups in total. The van der Waals surface area contributed by atoms with E-state index >= 15 is 0 Å². The third kappa shape index (κ3) is 3.04. The Morgan fingerprint density at radius 2 is 2.00 bits per heavy atom. The van der Waals surface area contributed by atoms with Crippen molar-refractivity contribution in [2.75, 3.05) is 6.61 Å². The molecule has 1 aliphatic rings. The molecule has 0 bridgehead atoms. The minimum atomic E-state index is -0.615. The number of aromatic amines is 1. The molecule has 1 aliphatic heterocycles. The molecule has 8 nitrogen and oxygen atoms in total. The van der Waals surface area contributed by atoms with Gasteiger partial charge in [0.2, 0.25) is 0 Å². The summed E-state index contributed by atoms with van der Waals surface area (Å²) in [7, 11) is 0. The van der Waals surface area contributed by atoms with Gasteiger partial charge in [0, 0.05) is 6.42 Å². The summed E-state index contributed by atoms with van der Waals surface area (Å²) in [5.74, 6) is -0.157. The topological polar surface area (TPSA) is 102 Å². The molecule has 2 aromatic heterocycles. The van der Waals surface area contributed by atoms with Crippen molar-refractivity contribution in [1.82, 2.24) is 25.1 Å². The first kappa shape index (κ1) is 17.2. The number of nitrogens with zero attached hydrogens (tertiary/aromatic N) is 3. The van der Waals surface area contributed by atoms with Crippen molar-refractivity contribution in [3.63, 3.8) is 0 Å². The maximum atomic E-state index is 12.8. The largest absolute Gasteiger partial charge is 0.464 e. The van der Waals surface area contributed by atoms with E-state index in [0.29, 0.717) is 29.9 Å². The van der Waals surface area contributed by atoms with E-state index in [1.165, 1.54) is 0 Å². The number of ether oxygens (including phenoxy) is 1. The number of carbonyl (C=O) groups excluding carboxylic acids is 2. The highest BCUT2D eigenvalue weighted by atomic mass is 16.5. The number of benzene rings is 2. The van der Waals surface area contributed by atoms with Crippen LogP contribution in [0, 0.1) is 0 Å². The summed E-state index contributed by atoms with van der Waals surface area (Å²) in [4.78, 5) is 32.3. The van der Waals surface area contributed by atoms with E-state index in [1.54, 1.807) is 23.0 Å². The van der Waals surface area contributed by atoms with Gasteiger partial charge in [0.05, 0.1) is 29.6 Å². The number of hydrogen-bond acceptors (Lipinski definition) is 5. The number of para-hydroxylation sites is 2. The van der Waals surface area contributed by atoms with Gasteiger partial charge < -0.3 is 15.0 Å². The number of cyclic esters (lactones) is 1. The van der Waals surface area contributed by atoms with E-state index in [4.69, 9.17) is 4.74 Å². The molecule has 4 aromatic rings. The van der Waals surface area contributed by atoms with Gasteiger partial charge in [-0.2, -0.15) is 5.10 Å². The first-order valence-electron chi connectivity index (χ1n) is 9.27. The van der Waals surface area contributed by atoms with Crippen LogP contribution in [0.5, 0.6) is 0 Å². The number of esters is 1. The van der Waals surface area contributed by atoms with Crippen molar-refractivity contribution >= 4 is 22.9 Å². The van der Waals surface area contributed by atoms with Gasteiger partial charge in [-0.3, -0.25) is 4.79 Å². The first-order chi connectivity index (χ1) is 14.2. The highest BCUT2D eigenvalue weighted by molar-refractivity contribution is 6.06.